The maximum atomic E-state index is 13.4. The number of likely N-dealkylation sites (N-methyl/N-ethyl adjacent to an activating group) is 1. The molecule has 0 saturated heterocycles. The molecular weight excluding hydrogens is 543 g/mol. The lowest BCUT2D eigenvalue weighted by Crippen LogP contribution is -2.32. The first kappa shape index (κ1) is 29.1. The number of halogens is 4. The molecule has 0 aliphatic heterocycles. The number of anilines is 1. The summed E-state index contributed by atoms with van der Waals surface area (Å²) < 4.78 is 40.3. The van der Waals surface area contributed by atoms with E-state index in [9.17, 15) is 32.8 Å². The molecule has 2 heterocycles. The maximum absolute atomic E-state index is 13.4. The lowest BCUT2D eigenvalue weighted by Gasteiger charge is -2.16. The Kier molecular flexibility index (Phi) is 8.89. The van der Waals surface area contributed by atoms with Crippen molar-refractivity contribution in [3.63, 3.8) is 0 Å². The van der Waals surface area contributed by atoms with E-state index < -0.39 is 37.0 Å². The van der Waals surface area contributed by atoms with E-state index in [1.807, 2.05) is 6.07 Å². The van der Waals surface area contributed by atoms with Crippen LogP contribution in [-0.2, 0) is 16.2 Å². The smallest absolute Gasteiger partial charge is 0.347 e. The van der Waals surface area contributed by atoms with E-state index in [0.29, 0.717) is 4.68 Å². The highest BCUT2D eigenvalue weighted by atomic mass is 35.5. The van der Waals surface area contributed by atoms with E-state index in [4.69, 9.17) is 16.4 Å². The van der Waals surface area contributed by atoms with Crippen molar-refractivity contribution < 1.29 is 32.4 Å². The minimum atomic E-state index is -4.67. The van der Waals surface area contributed by atoms with Gasteiger partial charge in [0.2, 0.25) is 0 Å². The van der Waals surface area contributed by atoms with Gasteiger partial charge in [-0.25, -0.2) is 5.48 Å². The molecule has 0 unspecified atom stereocenters. The molecule has 1 aromatic carbocycles. The Morgan fingerprint density at radius 2 is 1.92 bits per heavy atom. The van der Waals surface area contributed by atoms with Crippen molar-refractivity contribution in [2.24, 2.45) is 0 Å². The average Bonchev–Trinajstić information content (AvgIpc) is 3.26. The van der Waals surface area contributed by atoms with Crippen LogP contribution in [0.5, 0.6) is 0 Å². The van der Waals surface area contributed by atoms with Gasteiger partial charge >= 0.3 is 6.18 Å². The second-order valence-corrected chi connectivity index (χ2v) is 8.71. The SMILES string of the molecule is Cc1cc(C#N)cc(C(=O)NOCC(=O)N(C)C)c1NC(=O)c1cnn(CC(F)(F)F)c1-c1ncccc1Cl. The molecule has 0 aliphatic carbocycles. The molecule has 2 aromatic heterocycles. The molecule has 39 heavy (non-hydrogen) atoms. The van der Waals surface area contributed by atoms with Crippen LogP contribution in [0.25, 0.3) is 11.4 Å². The lowest BCUT2D eigenvalue weighted by atomic mass is 10.0. The summed E-state index contributed by atoms with van der Waals surface area (Å²) in [5.41, 5.74) is 1.49. The summed E-state index contributed by atoms with van der Waals surface area (Å²) in [4.78, 5) is 48.1. The number of aryl methyl sites for hydroxylation is 1. The largest absolute Gasteiger partial charge is 0.408 e. The van der Waals surface area contributed by atoms with E-state index in [0.717, 1.165) is 6.20 Å². The zero-order chi connectivity index (χ0) is 28.9. The van der Waals surface area contributed by atoms with Crippen molar-refractivity contribution in [1.82, 2.24) is 25.1 Å². The minimum absolute atomic E-state index is 0.0190. The van der Waals surface area contributed by atoms with Crippen molar-refractivity contribution in [2.45, 2.75) is 19.6 Å². The van der Waals surface area contributed by atoms with Crippen molar-refractivity contribution in [3.05, 3.63) is 63.9 Å². The average molecular weight is 564 g/mol. The second-order valence-electron chi connectivity index (χ2n) is 8.30. The number of aromatic nitrogens is 3. The lowest BCUT2D eigenvalue weighted by molar-refractivity contribution is -0.142. The predicted octanol–water partition coefficient (Wildman–Crippen LogP) is 3.34. The van der Waals surface area contributed by atoms with E-state index in [-0.39, 0.29) is 44.4 Å². The highest BCUT2D eigenvalue weighted by Crippen LogP contribution is 2.32. The van der Waals surface area contributed by atoms with Gasteiger partial charge in [-0.3, -0.25) is 28.9 Å². The Hall–Kier alpha value is -4.48. The fraction of sp³-hybridized carbons (Fsp3) is 0.250. The van der Waals surface area contributed by atoms with Gasteiger partial charge < -0.3 is 10.2 Å². The van der Waals surface area contributed by atoms with E-state index in [1.54, 1.807) is 0 Å². The molecule has 3 aromatic rings. The number of pyridine rings is 1. The van der Waals surface area contributed by atoms with E-state index in [2.05, 4.69) is 20.9 Å². The standard InChI is InChI=1S/C24H21ClF3N7O4/c1-13-7-14(9-29)8-15(23(38)33-39-11-18(36)34(2)3)19(13)32-22(37)16-10-31-35(12-24(26,27)28)21(16)20-17(25)5-4-6-30-20/h4-8,10H,11-12H2,1-3H3,(H,32,37)(H,33,38). The Balaban J connectivity index is 2.00. The van der Waals surface area contributed by atoms with Crippen molar-refractivity contribution in [1.29, 1.82) is 5.26 Å². The van der Waals surface area contributed by atoms with Crippen LogP contribution in [-0.4, -0.2) is 64.3 Å². The Morgan fingerprint density at radius 1 is 1.21 bits per heavy atom. The molecule has 0 atom stereocenters. The van der Waals surface area contributed by atoms with Gasteiger partial charge in [0.1, 0.15) is 17.9 Å². The second kappa shape index (κ2) is 11.9. The van der Waals surface area contributed by atoms with Gasteiger partial charge in [0.05, 0.1) is 39.7 Å². The normalized spacial score (nSPS) is 11.0. The molecular formula is C24H21ClF3N7O4. The third-order valence-corrected chi connectivity index (χ3v) is 5.51. The summed E-state index contributed by atoms with van der Waals surface area (Å²) in [5, 5.41) is 15.5. The van der Waals surface area contributed by atoms with Crippen molar-refractivity contribution >= 4 is 35.0 Å². The summed E-state index contributed by atoms with van der Waals surface area (Å²) in [5.74, 6) is -2.26. The first-order valence-electron chi connectivity index (χ1n) is 11.0. The summed E-state index contributed by atoms with van der Waals surface area (Å²) in [6.45, 7) is -0.494. The highest BCUT2D eigenvalue weighted by Gasteiger charge is 2.32. The van der Waals surface area contributed by atoms with E-state index in [1.165, 1.54) is 56.4 Å². The third kappa shape index (κ3) is 7.09. The quantitative estimate of drug-likeness (QED) is 0.400. The molecule has 204 valence electrons. The minimum Gasteiger partial charge on any atom is -0.347 e. The van der Waals surface area contributed by atoms with Crippen LogP contribution in [0.1, 0.15) is 31.8 Å². The van der Waals surface area contributed by atoms with Crippen molar-refractivity contribution in [3.8, 4) is 17.5 Å². The fourth-order valence-corrected chi connectivity index (χ4v) is 3.59. The Morgan fingerprint density at radius 3 is 2.54 bits per heavy atom. The number of benzene rings is 1. The number of hydrogen-bond acceptors (Lipinski definition) is 7. The monoisotopic (exact) mass is 563 g/mol. The van der Waals surface area contributed by atoms with Gasteiger partial charge in [0.25, 0.3) is 17.7 Å². The molecule has 0 spiro atoms. The molecule has 11 nitrogen and oxygen atoms in total. The first-order valence-corrected chi connectivity index (χ1v) is 11.4. The molecule has 2 N–H and O–H groups in total. The molecule has 0 bridgehead atoms. The Labute approximate surface area is 225 Å². The maximum Gasteiger partial charge on any atom is 0.408 e. The fourth-order valence-electron chi connectivity index (χ4n) is 3.38. The summed E-state index contributed by atoms with van der Waals surface area (Å²) >= 11 is 6.17. The van der Waals surface area contributed by atoms with Crippen LogP contribution in [0.2, 0.25) is 5.02 Å². The Bertz CT molecular complexity index is 1460. The van der Waals surface area contributed by atoms with Gasteiger partial charge in [0.15, 0.2) is 6.61 Å². The first-order chi connectivity index (χ1) is 18.3. The number of nitriles is 1. The predicted molar refractivity (Wildman–Crippen MR) is 132 cm³/mol. The molecule has 0 radical (unpaired) electrons. The zero-order valence-corrected chi connectivity index (χ0v) is 21.5. The van der Waals surface area contributed by atoms with Gasteiger partial charge in [0, 0.05) is 20.3 Å². The molecule has 3 rings (SSSR count). The molecule has 0 saturated carbocycles. The van der Waals surface area contributed by atoms with E-state index >= 15 is 0 Å². The number of amides is 3. The molecule has 0 fully saturated rings. The molecule has 0 aliphatic rings. The third-order valence-electron chi connectivity index (χ3n) is 5.20. The van der Waals surface area contributed by atoms with Gasteiger partial charge in [-0.05, 0) is 36.8 Å². The number of nitrogens with zero attached hydrogens (tertiary/aromatic N) is 5. The zero-order valence-electron chi connectivity index (χ0n) is 20.8. The van der Waals surface area contributed by atoms with Crippen LogP contribution in [0.3, 0.4) is 0 Å². The number of alkyl halides is 3. The topological polar surface area (TPSA) is 142 Å². The molecule has 15 heteroatoms. The van der Waals surface area contributed by atoms with Crippen LogP contribution in [0.4, 0.5) is 18.9 Å². The van der Waals surface area contributed by atoms with Crippen LogP contribution in [0.15, 0.2) is 36.7 Å². The van der Waals surface area contributed by atoms with Gasteiger partial charge in [-0.1, -0.05) is 11.6 Å². The summed E-state index contributed by atoms with van der Waals surface area (Å²) in [6.07, 6.45) is -2.45. The number of rotatable bonds is 8. The number of carbonyl (C=O) groups excluding carboxylic acids is 3. The number of hydrogen-bond donors (Lipinski definition) is 2. The summed E-state index contributed by atoms with van der Waals surface area (Å²) in [7, 11) is 2.98. The van der Waals surface area contributed by atoms with Crippen LogP contribution in [0, 0.1) is 18.3 Å². The van der Waals surface area contributed by atoms with Gasteiger partial charge in [-0.2, -0.15) is 23.5 Å². The highest BCUT2D eigenvalue weighted by molar-refractivity contribution is 6.33. The summed E-state index contributed by atoms with van der Waals surface area (Å²) in [6, 6.07) is 7.32. The van der Waals surface area contributed by atoms with Crippen LogP contribution < -0.4 is 10.8 Å². The van der Waals surface area contributed by atoms with Crippen LogP contribution >= 0.6 is 11.6 Å². The number of nitrogens with one attached hydrogen (secondary N) is 2. The molecule has 3 amide bonds. The number of carbonyl (C=O) groups is 3. The van der Waals surface area contributed by atoms with Crippen molar-refractivity contribution in [2.75, 3.05) is 26.0 Å². The van der Waals surface area contributed by atoms with Gasteiger partial charge in [-0.15, -0.1) is 0 Å². The number of hydroxylamine groups is 1.